The van der Waals surface area contributed by atoms with Crippen LogP contribution in [0.1, 0.15) is 33.5 Å². The lowest BCUT2D eigenvalue weighted by molar-refractivity contribution is 0.0844. The number of hydrogen-bond acceptors (Lipinski definition) is 6. The number of benzene rings is 1. The summed E-state index contributed by atoms with van der Waals surface area (Å²) in [5.41, 5.74) is 3.61. The molecule has 4 aromatic rings. The average Bonchev–Trinajstić information content (AvgIpc) is 3.29. The molecule has 1 aliphatic heterocycles. The predicted octanol–water partition coefficient (Wildman–Crippen LogP) is 2.59. The Hall–Kier alpha value is -3.62. The third-order valence-corrected chi connectivity index (χ3v) is 6.37. The molecule has 3 aromatic heterocycles. The maximum Gasteiger partial charge on any atom is 0.252 e. The Morgan fingerprint density at radius 2 is 1.88 bits per heavy atom. The number of aromatic nitrogens is 4. The highest BCUT2D eigenvalue weighted by molar-refractivity contribution is 5.94. The zero-order chi connectivity index (χ0) is 23.3. The number of amides is 1. The molecule has 8 heteroatoms. The number of carbonyl (C=O) groups excluding carboxylic acids is 1. The molecule has 0 saturated carbocycles. The number of rotatable bonds is 7. The van der Waals surface area contributed by atoms with Crippen molar-refractivity contribution in [1.82, 2.24) is 34.7 Å². The van der Waals surface area contributed by atoms with Crippen LogP contribution in [0.5, 0.6) is 0 Å². The van der Waals surface area contributed by atoms with Crippen LogP contribution in [0.2, 0.25) is 0 Å². The summed E-state index contributed by atoms with van der Waals surface area (Å²) in [5, 5.41) is 11.9. The maximum atomic E-state index is 12.8. The zero-order valence-corrected chi connectivity index (χ0v) is 19.3. The van der Waals surface area contributed by atoms with Gasteiger partial charge in [-0.05, 0) is 43.3 Å². The molecule has 1 N–H and O–H groups in total. The third kappa shape index (κ3) is 4.98. The van der Waals surface area contributed by atoms with Gasteiger partial charge in [-0.15, -0.1) is 10.2 Å². The first-order valence-corrected chi connectivity index (χ1v) is 11.7. The van der Waals surface area contributed by atoms with E-state index in [9.17, 15) is 4.79 Å². The van der Waals surface area contributed by atoms with E-state index in [4.69, 9.17) is 0 Å². The second-order valence-corrected chi connectivity index (χ2v) is 8.75. The van der Waals surface area contributed by atoms with Gasteiger partial charge in [-0.3, -0.25) is 24.0 Å². The van der Waals surface area contributed by atoms with Crippen LogP contribution in [-0.2, 0) is 13.0 Å². The van der Waals surface area contributed by atoms with Crippen molar-refractivity contribution in [2.45, 2.75) is 19.0 Å². The summed E-state index contributed by atoms with van der Waals surface area (Å²) < 4.78 is 1.96. The summed E-state index contributed by atoms with van der Waals surface area (Å²) >= 11 is 0. The molecular formula is C26H29N7O. The first-order chi connectivity index (χ1) is 16.7. The molecule has 1 amide bonds. The molecule has 4 heterocycles. The Balaban J connectivity index is 1.30. The van der Waals surface area contributed by atoms with Crippen molar-refractivity contribution in [3.63, 3.8) is 0 Å². The molecule has 0 aliphatic carbocycles. The topological polar surface area (TPSA) is 78.7 Å². The summed E-state index contributed by atoms with van der Waals surface area (Å²) in [5.74, 6) is 0.758. The summed E-state index contributed by atoms with van der Waals surface area (Å²) in [6.07, 6.45) is 4.49. The van der Waals surface area contributed by atoms with Crippen molar-refractivity contribution in [3.05, 3.63) is 95.7 Å². The fourth-order valence-electron chi connectivity index (χ4n) is 4.41. The van der Waals surface area contributed by atoms with E-state index < -0.39 is 0 Å². The maximum absolute atomic E-state index is 12.8. The van der Waals surface area contributed by atoms with Crippen molar-refractivity contribution < 1.29 is 4.79 Å². The van der Waals surface area contributed by atoms with Gasteiger partial charge in [0.25, 0.3) is 5.91 Å². The van der Waals surface area contributed by atoms with E-state index in [1.54, 1.807) is 0 Å². The lowest BCUT2D eigenvalue weighted by atomic mass is 10.1. The van der Waals surface area contributed by atoms with Crippen LogP contribution in [0.4, 0.5) is 0 Å². The highest BCUT2D eigenvalue weighted by atomic mass is 16.1. The smallest absolute Gasteiger partial charge is 0.252 e. The number of carbonyl (C=O) groups is 1. The lowest BCUT2D eigenvalue weighted by Gasteiger charge is -2.38. The summed E-state index contributed by atoms with van der Waals surface area (Å²) in [7, 11) is 2.12. The van der Waals surface area contributed by atoms with E-state index in [0.29, 0.717) is 12.1 Å². The van der Waals surface area contributed by atoms with Gasteiger partial charge in [-0.2, -0.15) is 0 Å². The van der Waals surface area contributed by atoms with E-state index in [0.717, 1.165) is 49.8 Å². The van der Waals surface area contributed by atoms with Crippen LogP contribution in [0.3, 0.4) is 0 Å². The second-order valence-electron chi connectivity index (χ2n) is 8.75. The number of fused-ring (bicyclic) bond motifs is 1. The minimum Gasteiger partial charge on any atom is -0.352 e. The number of nitrogens with zero attached hydrogens (tertiary/aromatic N) is 6. The largest absolute Gasteiger partial charge is 0.352 e. The van der Waals surface area contributed by atoms with Gasteiger partial charge < -0.3 is 5.32 Å². The molecule has 1 unspecified atom stereocenters. The lowest BCUT2D eigenvalue weighted by Crippen LogP contribution is -2.46. The standard InChI is InChI=1S/C26H29N7O/c1-31-15-16-32(18-22-9-5-6-13-27-22)19-23(31)25-30-29-24-11-10-21(17-33(24)25)26(34)28-14-12-20-7-3-2-4-8-20/h2-11,13,17,23H,12,14-16,18-19H2,1H3,(H,28,34). The van der Waals surface area contributed by atoms with Crippen LogP contribution >= 0.6 is 0 Å². The monoisotopic (exact) mass is 455 g/mol. The highest BCUT2D eigenvalue weighted by Gasteiger charge is 2.29. The zero-order valence-electron chi connectivity index (χ0n) is 19.3. The van der Waals surface area contributed by atoms with Crippen molar-refractivity contribution in [3.8, 4) is 0 Å². The van der Waals surface area contributed by atoms with Crippen LogP contribution in [0.15, 0.2) is 73.1 Å². The summed E-state index contributed by atoms with van der Waals surface area (Å²) in [6, 6.07) is 19.9. The molecule has 1 fully saturated rings. The number of pyridine rings is 2. The predicted molar refractivity (Wildman–Crippen MR) is 130 cm³/mol. The van der Waals surface area contributed by atoms with E-state index in [-0.39, 0.29) is 11.9 Å². The highest BCUT2D eigenvalue weighted by Crippen LogP contribution is 2.24. The molecule has 1 atom stereocenters. The van der Waals surface area contributed by atoms with E-state index >= 15 is 0 Å². The van der Waals surface area contributed by atoms with Gasteiger partial charge in [0.2, 0.25) is 0 Å². The molecule has 8 nitrogen and oxygen atoms in total. The first-order valence-electron chi connectivity index (χ1n) is 11.7. The Morgan fingerprint density at radius 1 is 1.03 bits per heavy atom. The fraction of sp³-hybridized carbons (Fsp3) is 0.308. The van der Waals surface area contributed by atoms with E-state index in [2.05, 4.69) is 55.5 Å². The van der Waals surface area contributed by atoms with Gasteiger partial charge in [-0.1, -0.05) is 36.4 Å². The van der Waals surface area contributed by atoms with Gasteiger partial charge in [0.15, 0.2) is 11.5 Å². The normalized spacial score (nSPS) is 17.1. The number of hydrogen-bond donors (Lipinski definition) is 1. The van der Waals surface area contributed by atoms with Crippen LogP contribution < -0.4 is 5.32 Å². The third-order valence-electron chi connectivity index (χ3n) is 6.37. The van der Waals surface area contributed by atoms with Crippen molar-refractivity contribution in [2.24, 2.45) is 0 Å². The molecule has 0 bridgehead atoms. The van der Waals surface area contributed by atoms with Gasteiger partial charge in [0.1, 0.15) is 0 Å². The Kier molecular flexibility index (Phi) is 6.60. The van der Waals surface area contributed by atoms with Crippen LogP contribution in [0, 0.1) is 0 Å². The molecule has 0 spiro atoms. The molecular weight excluding hydrogens is 426 g/mol. The molecule has 1 aliphatic rings. The average molecular weight is 456 g/mol. The van der Waals surface area contributed by atoms with Crippen LogP contribution in [0.25, 0.3) is 5.65 Å². The number of likely N-dealkylation sites (N-methyl/N-ethyl adjacent to an activating group) is 1. The quantitative estimate of drug-likeness (QED) is 0.462. The second kappa shape index (κ2) is 10.1. The van der Waals surface area contributed by atoms with Crippen molar-refractivity contribution >= 4 is 11.6 Å². The molecule has 1 aromatic carbocycles. The van der Waals surface area contributed by atoms with Gasteiger partial charge in [0.05, 0.1) is 17.3 Å². The Bertz CT molecular complexity index is 1240. The minimum absolute atomic E-state index is 0.0730. The van der Waals surface area contributed by atoms with Crippen molar-refractivity contribution in [1.29, 1.82) is 0 Å². The molecule has 174 valence electrons. The summed E-state index contributed by atoms with van der Waals surface area (Å²) in [4.78, 5) is 22.0. The van der Waals surface area contributed by atoms with Crippen LogP contribution in [-0.4, -0.2) is 68.5 Å². The van der Waals surface area contributed by atoms with Crippen molar-refractivity contribution in [2.75, 3.05) is 33.2 Å². The molecule has 34 heavy (non-hydrogen) atoms. The van der Waals surface area contributed by atoms with E-state index in [1.165, 1.54) is 5.56 Å². The molecule has 0 radical (unpaired) electrons. The SMILES string of the molecule is CN1CCN(Cc2ccccn2)CC1c1nnc2ccc(C(=O)NCCc3ccccc3)cn12. The molecule has 5 rings (SSSR count). The van der Waals surface area contributed by atoms with Gasteiger partial charge >= 0.3 is 0 Å². The summed E-state index contributed by atoms with van der Waals surface area (Å²) in [6.45, 7) is 4.10. The number of piperazine rings is 1. The number of nitrogens with one attached hydrogen (secondary N) is 1. The minimum atomic E-state index is -0.0914. The Morgan fingerprint density at radius 3 is 2.71 bits per heavy atom. The van der Waals surface area contributed by atoms with Gasteiger partial charge in [-0.25, -0.2) is 0 Å². The van der Waals surface area contributed by atoms with E-state index in [1.807, 2.05) is 59.3 Å². The molecule has 1 saturated heterocycles. The fourth-order valence-corrected chi connectivity index (χ4v) is 4.41. The Labute approximate surface area is 199 Å². The van der Waals surface area contributed by atoms with Gasteiger partial charge in [0, 0.05) is 45.1 Å². The first kappa shape index (κ1) is 22.2.